The number of benzene rings is 1. The lowest BCUT2D eigenvalue weighted by Gasteiger charge is -2.48. The first kappa shape index (κ1) is 10.1. The number of nitrogens with one attached hydrogen (secondary N) is 1. The lowest BCUT2D eigenvalue weighted by molar-refractivity contribution is 0.191. The third-order valence-corrected chi connectivity index (χ3v) is 4.22. The van der Waals surface area contributed by atoms with Crippen molar-refractivity contribution in [1.29, 1.82) is 0 Å². The first-order valence-electron chi connectivity index (χ1n) is 6.27. The van der Waals surface area contributed by atoms with Gasteiger partial charge in [0.05, 0.1) is 0 Å². The highest BCUT2D eigenvalue weighted by atomic mass is 15.0. The molecule has 1 saturated heterocycles. The van der Waals surface area contributed by atoms with Gasteiger partial charge in [0.15, 0.2) is 0 Å². The minimum atomic E-state index is 0.571. The summed E-state index contributed by atoms with van der Waals surface area (Å²) in [6.45, 7) is 6.27. The molecule has 1 aliphatic carbocycles. The van der Waals surface area contributed by atoms with Gasteiger partial charge in [0.1, 0.15) is 0 Å². The van der Waals surface area contributed by atoms with E-state index in [9.17, 15) is 0 Å². The summed E-state index contributed by atoms with van der Waals surface area (Å²) in [5, 5.41) is 3.77. The number of hydrogen-bond acceptors (Lipinski definition) is 1. The highest BCUT2D eigenvalue weighted by Gasteiger charge is 2.42. The fourth-order valence-corrected chi connectivity index (χ4v) is 3.61. The molecule has 84 valence electrons. The zero-order valence-corrected chi connectivity index (χ0v) is 9.82. The smallest absolute Gasteiger partial charge is 0.0328 e. The molecule has 16 heavy (non-hydrogen) atoms. The molecule has 2 heterocycles. The van der Waals surface area contributed by atoms with Crippen molar-refractivity contribution >= 4 is 0 Å². The van der Waals surface area contributed by atoms with Gasteiger partial charge >= 0.3 is 0 Å². The molecule has 4 rings (SSSR count). The predicted octanol–water partition coefficient (Wildman–Crippen LogP) is 3.40. The van der Waals surface area contributed by atoms with Crippen LogP contribution >= 0.6 is 0 Å². The van der Waals surface area contributed by atoms with Crippen LogP contribution in [0, 0.1) is 5.92 Å². The number of piperidine rings is 1. The summed E-state index contributed by atoms with van der Waals surface area (Å²) in [6.07, 6.45) is 4.42. The fourth-order valence-electron chi connectivity index (χ4n) is 3.61. The van der Waals surface area contributed by atoms with E-state index in [1.165, 1.54) is 12.0 Å². The second kappa shape index (κ2) is 3.74. The van der Waals surface area contributed by atoms with E-state index in [0.717, 1.165) is 12.3 Å². The molecule has 2 aliphatic heterocycles. The standard InChI is InChI=1S/C15H19N/c1-3-6-13-15-10(2)9-14(16-13)11-7-4-5-8-12(11)15/h3-5,7-8,10,13-16H,1,6,9H2,2H3/t10-,13-,14+,15+/m0/s1. The van der Waals surface area contributed by atoms with Gasteiger partial charge in [-0.15, -0.1) is 6.58 Å². The molecule has 0 unspecified atom stereocenters. The van der Waals surface area contributed by atoms with Crippen molar-refractivity contribution in [1.82, 2.24) is 5.32 Å². The van der Waals surface area contributed by atoms with Gasteiger partial charge in [0, 0.05) is 18.0 Å². The van der Waals surface area contributed by atoms with Crippen molar-refractivity contribution in [2.45, 2.75) is 37.8 Å². The van der Waals surface area contributed by atoms with Gasteiger partial charge in [-0.05, 0) is 29.9 Å². The average Bonchev–Trinajstić information content (AvgIpc) is 2.29. The van der Waals surface area contributed by atoms with Gasteiger partial charge in [-0.1, -0.05) is 37.3 Å². The third-order valence-electron chi connectivity index (χ3n) is 4.22. The summed E-state index contributed by atoms with van der Waals surface area (Å²) < 4.78 is 0. The van der Waals surface area contributed by atoms with Crippen molar-refractivity contribution in [3.8, 4) is 0 Å². The Morgan fingerprint density at radius 3 is 2.88 bits per heavy atom. The SMILES string of the molecule is C=CC[C@@H]1N[C@@H]2C[C@H](C)[C@@H]1c1ccccc12. The molecule has 1 heteroatoms. The summed E-state index contributed by atoms with van der Waals surface area (Å²) in [5.74, 6) is 1.48. The highest BCUT2D eigenvalue weighted by molar-refractivity contribution is 5.40. The van der Waals surface area contributed by atoms with Crippen LogP contribution in [0.5, 0.6) is 0 Å². The van der Waals surface area contributed by atoms with Gasteiger partial charge in [-0.25, -0.2) is 0 Å². The zero-order chi connectivity index (χ0) is 11.1. The van der Waals surface area contributed by atoms with E-state index in [2.05, 4.69) is 43.1 Å². The van der Waals surface area contributed by atoms with E-state index < -0.39 is 0 Å². The molecular formula is C15H19N. The van der Waals surface area contributed by atoms with Gasteiger partial charge in [-0.3, -0.25) is 0 Å². The Labute approximate surface area is 97.6 Å². The van der Waals surface area contributed by atoms with Crippen LogP contribution in [-0.2, 0) is 0 Å². The van der Waals surface area contributed by atoms with Gasteiger partial charge in [0.25, 0.3) is 0 Å². The maximum Gasteiger partial charge on any atom is 0.0328 e. The van der Waals surface area contributed by atoms with Crippen LogP contribution in [0.3, 0.4) is 0 Å². The maximum absolute atomic E-state index is 3.88. The molecule has 1 nitrogen and oxygen atoms in total. The molecule has 1 aromatic rings. The number of fused-ring (bicyclic) bond motifs is 2. The topological polar surface area (TPSA) is 12.0 Å². The summed E-state index contributed by atoms with van der Waals surface area (Å²) in [6, 6.07) is 10.1. The summed E-state index contributed by atoms with van der Waals surface area (Å²) in [5.41, 5.74) is 3.11. The summed E-state index contributed by atoms with van der Waals surface area (Å²) in [7, 11) is 0. The first-order valence-corrected chi connectivity index (χ1v) is 6.27. The van der Waals surface area contributed by atoms with Crippen molar-refractivity contribution in [3.05, 3.63) is 48.0 Å². The van der Waals surface area contributed by atoms with Crippen molar-refractivity contribution in [3.63, 3.8) is 0 Å². The van der Waals surface area contributed by atoms with Crippen LogP contribution < -0.4 is 5.32 Å². The van der Waals surface area contributed by atoms with E-state index in [1.807, 2.05) is 6.08 Å². The van der Waals surface area contributed by atoms with E-state index in [1.54, 1.807) is 5.56 Å². The molecule has 0 radical (unpaired) electrons. The Morgan fingerprint density at radius 1 is 1.38 bits per heavy atom. The van der Waals surface area contributed by atoms with Crippen molar-refractivity contribution in [2.24, 2.45) is 5.92 Å². The average molecular weight is 213 g/mol. The lowest BCUT2D eigenvalue weighted by atomic mass is 9.66. The minimum Gasteiger partial charge on any atom is -0.306 e. The lowest BCUT2D eigenvalue weighted by Crippen LogP contribution is -2.50. The molecule has 1 fully saturated rings. The van der Waals surface area contributed by atoms with Crippen LogP contribution in [0.2, 0.25) is 0 Å². The number of rotatable bonds is 2. The van der Waals surface area contributed by atoms with E-state index in [-0.39, 0.29) is 0 Å². The molecule has 0 aromatic heterocycles. The normalized spacial score (nSPS) is 35.8. The van der Waals surface area contributed by atoms with Gasteiger partial charge in [0.2, 0.25) is 0 Å². The Hall–Kier alpha value is -1.08. The molecule has 2 bridgehead atoms. The first-order chi connectivity index (χ1) is 7.81. The van der Waals surface area contributed by atoms with E-state index in [0.29, 0.717) is 18.0 Å². The predicted molar refractivity (Wildman–Crippen MR) is 67.4 cm³/mol. The Kier molecular flexibility index (Phi) is 2.36. The molecule has 3 aliphatic rings. The molecule has 0 amide bonds. The van der Waals surface area contributed by atoms with Crippen LogP contribution in [-0.4, -0.2) is 6.04 Å². The Balaban J connectivity index is 2.05. The van der Waals surface area contributed by atoms with Crippen LogP contribution in [0.15, 0.2) is 36.9 Å². The fraction of sp³-hybridized carbons (Fsp3) is 0.467. The Morgan fingerprint density at radius 2 is 2.12 bits per heavy atom. The maximum atomic E-state index is 3.88. The monoisotopic (exact) mass is 213 g/mol. The second-order valence-corrected chi connectivity index (χ2v) is 5.22. The highest BCUT2D eigenvalue weighted by Crippen LogP contribution is 2.48. The largest absolute Gasteiger partial charge is 0.306 e. The minimum absolute atomic E-state index is 0.571. The second-order valence-electron chi connectivity index (χ2n) is 5.22. The molecule has 0 spiro atoms. The molecular weight excluding hydrogens is 194 g/mol. The third kappa shape index (κ3) is 1.35. The summed E-state index contributed by atoms with van der Waals surface area (Å²) in [4.78, 5) is 0. The van der Waals surface area contributed by atoms with E-state index in [4.69, 9.17) is 0 Å². The molecule has 1 aromatic carbocycles. The zero-order valence-electron chi connectivity index (χ0n) is 9.82. The van der Waals surface area contributed by atoms with E-state index >= 15 is 0 Å². The molecule has 4 atom stereocenters. The van der Waals surface area contributed by atoms with Crippen LogP contribution in [0.25, 0.3) is 0 Å². The van der Waals surface area contributed by atoms with Crippen LogP contribution in [0.4, 0.5) is 0 Å². The van der Waals surface area contributed by atoms with Crippen LogP contribution in [0.1, 0.15) is 42.9 Å². The number of hydrogen-bond donors (Lipinski definition) is 1. The Bertz CT molecular complexity index is 410. The van der Waals surface area contributed by atoms with Gasteiger partial charge < -0.3 is 5.32 Å². The summed E-state index contributed by atoms with van der Waals surface area (Å²) >= 11 is 0. The molecule has 1 N–H and O–H groups in total. The molecule has 0 saturated carbocycles. The van der Waals surface area contributed by atoms with Gasteiger partial charge in [-0.2, -0.15) is 0 Å². The van der Waals surface area contributed by atoms with Crippen molar-refractivity contribution in [2.75, 3.05) is 0 Å². The van der Waals surface area contributed by atoms with Crippen molar-refractivity contribution < 1.29 is 0 Å². The quantitative estimate of drug-likeness (QED) is 0.742.